The number of amides is 1. The average molecular weight is 511 g/mol. The molecule has 9 heteroatoms. The number of carbonyl (C=O) groups is 1. The molecule has 0 bridgehead atoms. The number of nitrogens with two attached hydrogens (primary N) is 1. The molecule has 2 fully saturated rings. The second kappa shape index (κ2) is 11.5. The molecular weight excluding hydrogens is 476 g/mol. The Labute approximate surface area is 223 Å². The number of likely N-dealkylation sites (N-methyl/N-ethyl adjacent to an activating group) is 1. The summed E-state index contributed by atoms with van der Waals surface area (Å²) in [6, 6.07) is 16.7. The molecule has 9 nitrogen and oxygen atoms in total. The minimum atomic E-state index is -0.484. The summed E-state index contributed by atoms with van der Waals surface area (Å²) in [4.78, 5) is 28.1. The van der Waals surface area contributed by atoms with Gasteiger partial charge < -0.3 is 25.8 Å². The standard InChI is InChI=1S/C29H34N8O/c1-35-12-14-36(15-13-35)25-5-2-21(3-6-25)16-24-17-27(26(20-32-24)29(31)38)34-23-8-10-37(11-9-23)28-7-4-22(18-30)19-33-28/h2-7,17,19-20,23H,8-16H2,1H3,(H2,31,38)(H,32,34). The van der Waals surface area contributed by atoms with E-state index in [1.807, 2.05) is 12.1 Å². The molecule has 1 aromatic carbocycles. The van der Waals surface area contributed by atoms with Gasteiger partial charge in [0.15, 0.2) is 0 Å². The molecule has 5 rings (SSSR count). The number of pyridine rings is 2. The van der Waals surface area contributed by atoms with Crippen LogP contribution in [0.5, 0.6) is 0 Å². The highest BCUT2D eigenvalue weighted by Crippen LogP contribution is 2.25. The third-order valence-electron chi connectivity index (χ3n) is 7.47. The Balaban J connectivity index is 1.22. The highest BCUT2D eigenvalue weighted by atomic mass is 16.1. The summed E-state index contributed by atoms with van der Waals surface area (Å²) in [5, 5.41) is 12.6. The molecule has 0 unspecified atom stereocenters. The fourth-order valence-electron chi connectivity index (χ4n) is 5.12. The predicted octanol–water partition coefficient (Wildman–Crippen LogP) is 2.87. The molecule has 1 amide bonds. The van der Waals surface area contributed by atoms with Gasteiger partial charge in [-0.3, -0.25) is 9.78 Å². The Kier molecular flexibility index (Phi) is 7.70. The minimum Gasteiger partial charge on any atom is -0.381 e. The number of hydrogen-bond donors (Lipinski definition) is 2. The fraction of sp³-hybridized carbons (Fsp3) is 0.379. The zero-order valence-corrected chi connectivity index (χ0v) is 21.8. The van der Waals surface area contributed by atoms with E-state index in [0.29, 0.717) is 17.5 Å². The lowest BCUT2D eigenvalue weighted by Crippen LogP contribution is -2.44. The Morgan fingerprint density at radius 3 is 2.37 bits per heavy atom. The molecule has 3 aromatic rings. The quantitative estimate of drug-likeness (QED) is 0.499. The third-order valence-corrected chi connectivity index (χ3v) is 7.47. The van der Waals surface area contributed by atoms with Crippen LogP contribution >= 0.6 is 0 Å². The van der Waals surface area contributed by atoms with E-state index in [4.69, 9.17) is 11.0 Å². The van der Waals surface area contributed by atoms with Gasteiger partial charge in [0.1, 0.15) is 11.9 Å². The van der Waals surface area contributed by atoms with Crippen molar-refractivity contribution in [2.45, 2.75) is 25.3 Å². The van der Waals surface area contributed by atoms with Gasteiger partial charge in [-0.1, -0.05) is 12.1 Å². The summed E-state index contributed by atoms with van der Waals surface area (Å²) in [7, 11) is 2.16. The van der Waals surface area contributed by atoms with Crippen molar-refractivity contribution in [3.8, 4) is 6.07 Å². The zero-order chi connectivity index (χ0) is 26.5. The number of nitriles is 1. The lowest BCUT2D eigenvalue weighted by Gasteiger charge is -2.34. The molecule has 4 heterocycles. The molecule has 2 saturated heterocycles. The molecule has 0 radical (unpaired) electrons. The summed E-state index contributed by atoms with van der Waals surface area (Å²) in [5.41, 5.74) is 10.7. The van der Waals surface area contributed by atoms with Crippen LogP contribution in [0.25, 0.3) is 0 Å². The summed E-state index contributed by atoms with van der Waals surface area (Å²) in [6.45, 7) is 5.92. The van der Waals surface area contributed by atoms with Crippen LogP contribution in [0.3, 0.4) is 0 Å². The van der Waals surface area contributed by atoms with Gasteiger partial charge in [-0.2, -0.15) is 5.26 Å². The predicted molar refractivity (Wildman–Crippen MR) is 150 cm³/mol. The summed E-state index contributed by atoms with van der Waals surface area (Å²) < 4.78 is 0. The average Bonchev–Trinajstić information content (AvgIpc) is 2.94. The van der Waals surface area contributed by atoms with Crippen molar-refractivity contribution in [1.29, 1.82) is 5.26 Å². The SMILES string of the molecule is CN1CCN(c2ccc(Cc3cc(NC4CCN(c5ccc(C#N)cn5)CC4)c(C(N)=O)cn3)cc2)CC1. The Morgan fingerprint density at radius 1 is 1.00 bits per heavy atom. The van der Waals surface area contributed by atoms with Crippen LogP contribution < -0.4 is 20.9 Å². The smallest absolute Gasteiger partial charge is 0.252 e. The van der Waals surface area contributed by atoms with Crippen LogP contribution in [0.15, 0.2) is 54.9 Å². The molecule has 0 aliphatic carbocycles. The normalized spacial score (nSPS) is 16.7. The van der Waals surface area contributed by atoms with Gasteiger partial charge in [0.05, 0.1) is 16.8 Å². The first-order valence-corrected chi connectivity index (χ1v) is 13.2. The first-order valence-electron chi connectivity index (χ1n) is 13.2. The van der Waals surface area contributed by atoms with Crippen molar-refractivity contribution in [3.63, 3.8) is 0 Å². The number of carbonyl (C=O) groups excluding carboxylic acids is 1. The van der Waals surface area contributed by atoms with Crippen molar-refractivity contribution < 1.29 is 4.79 Å². The lowest BCUT2D eigenvalue weighted by molar-refractivity contribution is 0.100. The second-order valence-electron chi connectivity index (χ2n) is 10.1. The van der Waals surface area contributed by atoms with Crippen molar-refractivity contribution in [2.75, 3.05) is 61.4 Å². The van der Waals surface area contributed by atoms with Gasteiger partial charge >= 0.3 is 0 Å². The van der Waals surface area contributed by atoms with Gasteiger partial charge in [0, 0.05) is 75.5 Å². The molecule has 2 aliphatic rings. The van der Waals surface area contributed by atoms with Gasteiger partial charge in [-0.15, -0.1) is 0 Å². The molecule has 0 saturated carbocycles. The number of benzene rings is 1. The summed E-state index contributed by atoms with van der Waals surface area (Å²) >= 11 is 0. The number of primary amides is 1. The van der Waals surface area contributed by atoms with Gasteiger partial charge in [0.2, 0.25) is 0 Å². The number of aromatic nitrogens is 2. The molecule has 0 spiro atoms. The van der Waals surface area contributed by atoms with E-state index in [9.17, 15) is 4.79 Å². The second-order valence-corrected chi connectivity index (χ2v) is 10.1. The van der Waals surface area contributed by atoms with Crippen LogP contribution in [-0.4, -0.2) is 73.1 Å². The zero-order valence-electron chi connectivity index (χ0n) is 21.8. The number of piperidine rings is 1. The monoisotopic (exact) mass is 510 g/mol. The largest absolute Gasteiger partial charge is 0.381 e. The van der Waals surface area contributed by atoms with Crippen LogP contribution in [0.4, 0.5) is 17.2 Å². The van der Waals surface area contributed by atoms with Gasteiger partial charge in [0.25, 0.3) is 5.91 Å². The summed E-state index contributed by atoms with van der Waals surface area (Å²) in [5.74, 6) is 0.396. The van der Waals surface area contributed by atoms with E-state index in [1.54, 1.807) is 18.5 Å². The maximum Gasteiger partial charge on any atom is 0.252 e. The molecule has 0 atom stereocenters. The number of anilines is 3. The Bertz CT molecular complexity index is 1290. The van der Waals surface area contributed by atoms with E-state index in [0.717, 1.165) is 69.3 Å². The molecule has 2 aliphatic heterocycles. The van der Waals surface area contributed by atoms with E-state index < -0.39 is 5.91 Å². The van der Waals surface area contributed by atoms with E-state index >= 15 is 0 Å². The number of nitrogens with one attached hydrogen (secondary N) is 1. The third kappa shape index (κ3) is 6.03. The first-order chi connectivity index (χ1) is 18.5. The lowest BCUT2D eigenvalue weighted by atomic mass is 10.0. The molecule has 196 valence electrons. The van der Waals surface area contributed by atoms with E-state index in [2.05, 4.69) is 67.4 Å². The van der Waals surface area contributed by atoms with Crippen molar-refractivity contribution in [3.05, 3.63) is 77.2 Å². The van der Waals surface area contributed by atoms with Crippen molar-refractivity contribution >= 4 is 23.1 Å². The highest BCUT2D eigenvalue weighted by molar-refractivity contribution is 5.98. The number of nitrogens with zero attached hydrogens (tertiary/aromatic N) is 6. The Hall–Kier alpha value is -4.16. The number of rotatable bonds is 7. The fourth-order valence-corrected chi connectivity index (χ4v) is 5.12. The van der Waals surface area contributed by atoms with Crippen LogP contribution in [0.2, 0.25) is 0 Å². The van der Waals surface area contributed by atoms with Gasteiger partial charge in [-0.05, 0) is 55.8 Å². The molecule has 3 N–H and O–H groups in total. The van der Waals surface area contributed by atoms with E-state index in [1.165, 1.54) is 11.3 Å². The minimum absolute atomic E-state index is 0.209. The molecular formula is C29H34N8O. The topological polar surface area (TPSA) is 114 Å². The maximum atomic E-state index is 12.1. The number of hydrogen-bond acceptors (Lipinski definition) is 8. The van der Waals surface area contributed by atoms with Crippen molar-refractivity contribution in [2.24, 2.45) is 5.73 Å². The van der Waals surface area contributed by atoms with E-state index in [-0.39, 0.29) is 6.04 Å². The molecule has 38 heavy (non-hydrogen) atoms. The molecule has 2 aromatic heterocycles. The van der Waals surface area contributed by atoms with Crippen LogP contribution in [0.1, 0.15) is 40.0 Å². The van der Waals surface area contributed by atoms with Crippen LogP contribution in [0, 0.1) is 11.3 Å². The highest BCUT2D eigenvalue weighted by Gasteiger charge is 2.22. The maximum absolute atomic E-state index is 12.1. The van der Waals surface area contributed by atoms with Crippen LogP contribution in [-0.2, 0) is 6.42 Å². The number of piperazine rings is 1. The summed E-state index contributed by atoms with van der Waals surface area (Å²) in [6.07, 6.45) is 5.67. The first kappa shape index (κ1) is 25.5. The Morgan fingerprint density at radius 2 is 1.74 bits per heavy atom. The van der Waals surface area contributed by atoms with Gasteiger partial charge in [-0.25, -0.2) is 4.98 Å². The van der Waals surface area contributed by atoms with Crippen molar-refractivity contribution in [1.82, 2.24) is 14.9 Å².